The number of benzene rings is 1. The zero-order chi connectivity index (χ0) is 17.7. The minimum atomic E-state index is -1.64. The summed E-state index contributed by atoms with van der Waals surface area (Å²) in [6, 6.07) is 1.67. The van der Waals surface area contributed by atoms with Crippen molar-refractivity contribution in [1.82, 2.24) is 4.90 Å². The van der Waals surface area contributed by atoms with E-state index in [2.05, 4.69) is 5.32 Å². The molecule has 0 saturated carbocycles. The molecule has 2 amide bonds. The van der Waals surface area contributed by atoms with E-state index in [1.54, 1.807) is 0 Å². The van der Waals surface area contributed by atoms with Crippen LogP contribution in [0.25, 0.3) is 0 Å². The molecular formula is C16H19F3N2O3. The lowest BCUT2D eigenvalue weighted by atomic mass is 10.2. The molecule has 1 saturated heterocycles. The van der Waals surface area contributed by atoms with Crippen molar-refractivity contribution < 1.29 is 27.5 Å². The van der Waals surface area contributed by atoms with E-state index < -0.39 is 29.0 Å². The monoisotopic (exact) mass is 344 g/mol. The number of nitrogens with zero attached hydrogens (tertiary/aromatic N) is 1. The Morgan fingerprint density at radius 3 is 2.67 bits per heavy atom. The largest absolute Gasteiger partial charge is 0.376 e. The first-order valence-electron chi connectivity index (χ1n) is 7.69. The number of hydrogen-bond acceptors (Lipinski definition) is 3. The van der Waals surface area contributed by atoms with Crippen LogP contribution in [-0.2, 0) is 14.3 Å². The summed E-state index contributed by atoms with van der Waals surface area (Å²) < 4.78 is 44.9. The average Bonchev–Trinajstić information content (AvgIpc) is 3.05. The minimum Gasteiger partial charge on any atom is -0.376 e. The van der Waals surface area contributed by atoms with Gasteiger partial charge in [0, 0.05) is 33.0 Å². The maximum Gasteiger partial charge on any atom is 0.226 e. The van der Waals surface area contributed by atoms with E-state index in [1.807, 2.05) is 0 Å². The van der Waals surface area contributed by atoms with Crippen molar-refractivity contribution in [3.8, 4) is 0 Å². The highest BCUT2D eigenvalue weighted by molar-refractivity contribution is 5.91. The van der Waals surface area contributed by atoms with E-state index in [-0.39, 0.29) is 25.0 Å². The highest BCUT2D eigenvalue weighted by Crippen LogP contribution is 2.20. The van der Waals surface area contributed by atoms with Crippen molar-refractivity contribution in [3.05, 3.63) is 29.6 Å². The minimum absolute atomic E-state index is 0.0411. The molecule has 24 heavy (non-hydrogen) atoms. The molecule has 0 bridgehead atoms. The molecule has 0 radical (unpaired) electrons. The number of carbonyl (C=O) groups excluding carboxylic acids is 2. The predicted octanol–water partition coefficient (Wildman–Crippen LogP) is 2.46. The first-order valence-corrected chi connectivity index (χ1v) is 7.69. The molecule has 1 aliphatic heterocycles. The van der Waals surface area contributed by atoms with E-state index in [9.17, 15) is 22.8 Å². The van der Waals surface area contributed by atoms with Gasteiger partial charge in [0.1, 0.15) is 0 Å². The Morgan fingerprint density at radius 2 is 2.04 bits per heavy atom. The molecule has 132 valence electrons. The number of carbonyl (C=O) groups is 2. The quantitative estimate of drug-likeness (QED) is 0.807. The summed E-state index contributed by atoms with van der Waals surface area (Å²) in [5, 5.41) is 2.18. The van der Waals surface area contributed by atoms with Gasteiger partial charge in [0.15, 0.2) is 17.5 Å². The lowest BCUT2D eigenvalue weighted by Crippen LogP contribution is -2.37. The number of nitrogens with one attached hydrogen (secondary N) is 1. The molecular weight excluding hydrogens is 325 g/mol. The van der Waals surface area contributed by atoms with Crippen molar-refractivity contribution in [1.29, 1.82) is 0 Å². The number of rotatable bonds is 6. The van der Waals surface area contributed by atoms with Gasteiger partial charge in [-0.1, -0.05) is 0 Å². The van der Waals surface area contributed by atoms with Gasteiger partial charge < -0.3 is 15.0 Å². The van der Waals surface area contributed by atoms with Crippen LogP contribution in [0.4, 0.5) is 18.9 Å². The highest BCUT2D eigenvalue weighted by atomic mass is 19.2. The average molecular weight is 344 g/mol. The lowest BCUT2D eigenvalue weighted by molar-refractivity contribution is -0.130. The van der Waals surface area contributed by atoms with E-state index in [1.165, 1.54) is 11.8 Å². The van der Waals surface area contributed by atoms with Crippen molar-refractivity contribution in [2.45, 2.75) is 32.3 Å². The third kappa shape index (κ3) is 4.70. The van der Waals surface area contributed by atoms with Crippen LogP contribution in [0, 0.1) is 17.5 Å². The molecule has 1 unspecified atom stereocenters. The third-order valence-electron chi connectivity index (χ3n) is 3.81. The molecule has 0 spiro atoms. The second-order valence-corrected chi connectivity index (χ2v) is 5.62. The second-order valence-electron chi connectivity index (χ2n) is 5.62. The molecule has 1 heterocycles. The predicted molar refractivity (Wildman–Crippen MR) is 80.8 cm³/mol. The van der Waals surface area contributed by atoms with Gasteiger partial charge >= 0.3 is 0 Å². The van der Waals surface area contributed by atoms with Gasteiger partial charge in [0.2, 0.25) is 11.8 Å². The Bertz CT molecular complexity index is 619. The molecule has 1 atom stereocenters. The van der Waals surface area contributed by atoms with Gasteiger partial charge in [-0.15, -0.1) is 0 Å². The van der Waals surface area contributed by atoms with Crippen LogP contribution in [0.1, 0.15) is 26.2 Å². The van der Waals surface area contributed by atoms with Gasteiger partial charge in [-0.2, -0.15) is 0 Å². The molecule has 1 N–H and O–H groups in total. The number of halogens is 3. The summed E-state index contributed by atoms with van der Waals surface area (Å²) in [6.07, 6.45) is 1.66. The molecule has 2 rings (SSSR count). The molecule has 0 aliphatic carbocycles. The number of hydrogen-bond donors (Lipinski definition) is 1. The summed E-state index contributed by atoms with van der Waals surface area (Å²) >= 11 is 0. The summed E-state index contributed by atoms with van der Waals surface area (Å²) in [5.74, 6) is -5.22. The smallest absolute Gasteiger partial charge is 0.226 e. The van der Waals surface area contributed by atoms with Crippen LogP contribution in [-0.4, -0.2) is 42.5 Å². The fourth-order valence-electron chi connectivity index (χ4n) is 2.48. The fourth-order valence-corrected chi connectivity index (χ4v) is 2.48. The van der Waals surface area contributed by atoms with Crippen LogP contribution < -0.4 is 5.32 Å². The topological polar surface area (TPSA) is 58.6 Å². The van der Waals surface area contributed by atoms with Crippen LogP contribution in [0.5, 0.6) is 0 Å². The summed E-state index contributed by atoms with van der Waals surface area (Å²) in [7, 11) is 0. The van der Waals surface area contributed by atoms with Gasteiger partial charge in [0.25, 0.3) is 0 Å². The zero-order valence-electron chi connectivity index (χ0n) is 13.3. The summed E-state index contributed by atoms with van der Waals surface area (Å²) in [5.41, 5.74) is -0.438. The van der Waals surface area contributed by atoms with Crippen molar-refractivity contribution in [2.24, 2.45) is 0 Å². The molecule has 5 nitrogen and oxygen atoms in total. The standard InChI is InChI=1S/C16H19F3N2O3/c1-10(22)21(9-11-3-2-8-24-11)7-6-14(23)20-13-5-4-12(17)15(18)16(13)19/h4-5,11H,2-3,6-9H2,1H3,(H,20,23). The molecule has 0 aromatic heterocycles. The molecule has 1 aromatic rings. The third-order valence-corrected chi connectivity index (χ3v) is 3.81. The zero-order valence-corrected chi connectivity index (χ0v) is 13.3. The van der Waals surface area contributed by atoms with E-state index in [4.69, 9.17) is 4.74 Å². The second kappa shape index (κ2) is 8.14. The van der Waals surface area contributed by atoms with E-state index >= 15 is 0 Å². The lowest BCUT2D eigenvalue weighted by Gasteiger charge is -2.24. The Morgan fingerprint density at radius 1 is 1.29 bits per heavy atom. The first kappa shape index (κ1) is 18.3. The van der Waals surface area contributed by atoms with Crippen molar-refractivity contribution >= 4 is 17.5 Å². The van der Waals surface area contributed by atoms with Gasteiger partial charge in [-0.25, -0.2) is 13.2 Å². The highest BCUT2D eigenvalue weighted by Gasteiger charge is 2.21. The Balaban J connectivity index is 1.89. The van der Waals surface area contributed by atoms with Crippen LogP contribution in [0.15, 0.2) is 12.1 Å². The van der Waals surface area contributed by atoms with Crippen molar-refractivity contribution in [2.75, 3.05) is 25.0 Å². The number of amides is 2. The van der Waals surface area contributed by atoms with Gasteiger partial charge in [-0.05, 0) is 25.0 Å². The SMILES string of the molecule is CC(=O)N(CCC(=O)Nc1ccc(F)c(F)c1F)CC1CCCO1. The normalized spacial score (nSPS) is 16.9. The Hall–Kier alpha value is -2.09. The van der Waals surface area contributed by atoms with E-state index in [0.717, 1.165) is 25.0 Å². The van der Waals surface area contributed by atoms with E-state index in [0.29, 0.717) is 13.2 Å². The van der Waals surface area contributed by atoms with Crippen molar-refractivity contribution in [3.63, 3.8) is 0 Å². The maximum absolute atomic E-state index is 13.5. The molecule has 1 fully saturated rings. The molecule has 8 heteroatoms. The molecule has 1 aromatic carbocycles. The maximum atomic E-state index is 13.5. The Kier molecular flexibility index (Phi) is 6.19. The number of anilines is 1. The first-order chi connectivity index (χ1) is 11.4. The fraction of sp³-hybridized carbons (Fsp3) is 0.500. The van der Waals surface area contributed by atoms with Crippen LogP contribution >= 0.6 is 0 Å². The molecule has 1 aliphatic rings. The number of ether oxygens (including phenoxy) is 1. The summed E-state index contributed by atoms with van der Waals surface area (Å²) in [6.45, 7) is 2.57. The van der Waals surface area contributed by atoms with Gasteiger partial charge in [-0.3, -0.25) is 9.59 Å². The Labute approximate surface area is 137 Å². The van der Waals surface area contributed by atoms with Crippen LogP contribution in [0.2, 0.25) is 0 Å². The summed E-state index contributed by atoms with van der Waals surface area (Å²) in [4.78, 5) is 25.0. The van der Waals surface area contributed by atoms with Crippen LogP contribution in [0.3, 0.4) is 0 Å². The van der Waals surface area contributed by atoms with Gasteiger partial charge in [0.05, 0.1) is 11.8 Å².